The first kappa shape index (κ1) is 35.2. The zero-order valence-electron chi connectivity index (χ0n) is 28.5. The fourth-order valence-electron chi connectivity index (χ4n) is 7.25. The van der Waals surface area contributed by atoms with Crippen LogP contribution in [-0.2, 0) is 47.0 Å². The predicted molar refractivity (Wildman–Crippen MR) is 178 cm³/mol. The molecule has 5 atom stereocenters. The molecule has 276 valence electrons. The summed E-state index contributed by atoms with van der Waals surface area (Å²) < 4.78 is 53.4. The minimum absolute atomic E-state index is 0.00342. The van der Waals surface area contributed by atoms with Crippen LogP contribution in [0.5, 0.6) is 0 Å². The van der Waals surface area contributed by atoms with E-state index in [1.54, 1.807) is 19.1 Å². The fraction of sp³-hybridized carbons (Fsp3) is 0.629. The highest BCUT2D eigenvalue weighted by Gasteiger charge is 2.62. The Hall–Kier alpha value is -4.21. The predicted octanol–water partition coefficient (Wildman–Crippen LogP) is 2.90. The van der Waals surface area contributed by atoms with Gasteiger partial charge in [-0.3, -0.25) is 24.0 Å². The molecule has 6 aliphatic rings. The Kier molecular flexibility index (Phi) is 9.25. The first-order chi connectivity index (χ1) is 24.3. The molecule has 0 radical (unpaired) electrons. The van der Waals surface area contributed by atoms with Gasteiger partial charge in [-0.1, -0.05) is 37.1 Å². The van der Waals surface area contributed by atoms with Gasteiger partial charge in [0.05, 0.1) is 18.3 Å². The maximum Gasteiger partial charge on any atom is 0.410 e. The molecule has 51 heavy (non-hydrogen) atoms. The van der Waals surface area contributed by atoms with Crippen molar-refractivity contribution in [3.05, 3.63) is 47.3 Å². The molecular weight excluding hydrogens is 685 g/mol. The Morgan fingerprint density at radius 3 is 2.57 bits per heavy atom. The van der Waals surface area contributed by atoms with Crippen molar-refractivity contribution in [2.45, 2.75) is 125 Å². The summed E-state index contributed by atoms with van der Waals surface area (Å²) in [6.45, 7) is 1.76. The Morgan fingerprint density at radius 1 is 1.06 bits per heavy atom. The van der Waals surface area contributed by atoms with Crippen molar-refractivity contribution in [1.29, 1.82) is 0 Å². The molecule has 0 unspecified atom stereocenters. The van der Waals surface area contributed by atoms with Crippen LogP contribution >= 0.6 is 0 Å². The van der Waals surface area contributed by atoms with E-state index in [9.17, 15) is 36.8 Å². The van der Waals surface area contributed by atoms with Gasteiger partial charge in [-0.15, -0.1) is 0 Å². The number of nitrogens with zero attached hydrogens (tertiary/aromatic N) is 2. The topological polar surface area (TPSA) is 181 Å². The van der Waals surface area contributed by atoms with Gasteiger partial charge in [0.25, 0.3) is 5.91 Å². The van der Waals surface area contributed by atoms with E-state index in [2.05, 4.69) is 15.4 Å². The van der Waals surface area contributed by atoms with Gasteiger partial charge in [-0.25, -0.2) is 22.4 Å². The SMILES string of the molecule is CC1(OC(=O)N[C@H]2CCCCC/C=C\[C@H]3C[C@@]3(C(=O)NS(=O)(=O)C3CC3)NC(=O)[C@@H]3C[C@@H](OC(=O)N4Cc5cccc(F)c5C4)CN3C2=O)CC1. The highest BCUT2D eigenvalue weighted by Crippen LogP contribution is 2.46. The Labute approximate surface area is 295 Å². The van der Waals surface area contributed by atoms with E-state index < -0.39 is 86.2 Å². The number of allylic oxidation sites excluding steroid dienone is 1. The molecule has 3 saturated carbocycles. The quantitative estimate of drug-likeness (QED) is 0.371. The number of halogens is 1. The van der Waals surface area contributed by atoms with Crippen molar-refractivity contribution >= 4 is 39.9 Å². The summed E-state index contributed by atoms with van der Waals surface area (Å²) in [4.78, 5) is 70.9. The van der Waals surface area contributed by atoms with Crippen LogP contribution in [0.25, 0.3) is 0 Å². The van der Waals surface area contributed by atoms with Gasteiger partial charge in [0, 0.05) is 24.4 Å². The number of rotatable bonds is 6. The number of benzene rings is 1. The lowest BCUT2D eigenvalue weighted by Gasteiger charge is -2.30. The number of nitrogens with one attached hydrogen (secondary N) is 3. The molecule has 4 fully saturated rings. The molecule has 0 aromatic heterocycles. The molecule has 3 aliphatic heterocycles. The van der Waals surface area contributed by atoms with Crippen LogP contribution in [0.15, 0.2) is 30.4 Å². The van der Waals surface area contributed by atoms with E-state index in [4.69, 9.17) is 9.47 Å². The minimum atomic E-state index is -3.91. The fourth-order valence-corrected chi connectivity index (χ4v) is 8.61. The number of fused-ring (bicyclic) bond motifs is 3. The van der Waals surface area contributed by atoms with Crippen molar-refractivity contribution < 1.29 is 46.3 Å². The van der Waals surface area contributed by atoms with Crippen LogP contribution in [0, 0.1) is 11.7 Å². The number of ether oxygens (including phenoxy) is 2. The number of sulfonamides is 1. The van der Waals surface area contributed by atoms with Crippen molar-refractivity contribution in [2.75, 3.05) is 6.54 Å². The van der Waals surface area contributed by atoms with Gasteiger partial charge in [-0.05, 0) is 69.9 Å². The Morgan fingerprint density at radius 2 is 1.84 bits per heavy atom. The molecule has 1 saturated heterocycles. The number of alkyl carbamates (subject to hydrolysis) is 1. The highest BCUT2D eigenvalue weighted by molar-refractivity contribution is 7.91. The first-order valence-electron chi connectivity index (χ1n) is 17.8. The van der Waals surface area contributed by atoms with Crippen LogP contribution in [0.2, 0.25) is 0 Å². The van der Waals surface area contributed by atoms with E-state index in [0.29, 0.717) is 49.7 Å². The third kappa shape index (κ3) is 7.56. The van der Waals surface area contributed by atoms with E-state index in [-0.39, 0.29) is 38.9 Å². The van der Waals surface area contributed by atoms with E-state index in [0.717, 1.165) is 12.8 Å². The summed E-state index contributed by atoms with van der Waals surface area (Å²) in [6, 6.07) is 2.35. The average Bonchev–Trinajstić information content (AvgIpc) is 4.03. The van der Waals surface area contributed by atoms with Gasteiger partial charge in [0.1, 0.15) is 35.1 Å². The second-order valence-corrected chi connectivity index (χ2v) is 17.0. The smallest absolute Gasteiger partial charge is 0.410 e. The van der Waals surface area contributed by atoms with E-state index >= 15 is 0 Å². The zero-order chi connectivity index (χ0) is 36.1. The summed E-state index contributed by atoms with van der Waals surface area (Å²) in [5.74, 6) is -3.02. The third-order valence-corrected chi connectivity index (χ3v) is 12.7. The van der Waals surface area contributed by atoms with Crippen molar-refractivity contribution in [3.63, 3.8) is 0 Å². The number of amides is 5. The van der Waals surface area contributed by atoms with Crippen LogP contribution in [-0.4, -0.2) is 89.2 Å². The molecule has 7 rings (SSSR count). The third-order valence-electron chi connectivity index (χ3n) is 10.9. The van der Waals surface area contributed by atoms with Crippen LogP contribution in [0.1, 0.15) is 88.7 Å². The summed E-state index contributed by atoms with van der Waals surface area (Å²) >= 11 is 0. The van der Waals surface area contributed by atoms with Crippen molar-refractivity contribution in [3.8, 4) is 0 Å². The Bertz CT molecular complexity index is 1760. The molecule has 3 N–H and O–H groups in total. The zero-order valence-corrected chi connectivity index (χ0v) is 29.3. The number of hydrogen-bond donors (Lipinski definition) is 3. The molecule has 0 spiro atoms. The molecule has 5 amide bonds. The van der Waals surface area contributed by atoms with Gasteiger partial charge < -0.3 is 25.0 Å². The van der Waals surface area contributed by atoms with Gasteiger partial charge >= 0.3 is 12.2 Å². The molecule has 16 heteroatoms. The summed E-state index contributed by atoms with van der Waals surface area (Å²) in [6.07, 6.45) is 6.70. The van der Waals surface area contributed by atoms with Gasteiger partial charge in [-0.2, -0.15) is 0 Å². The highest BCUT2D eigenvalue weighted by atomic mass is 32.2. The largest absolute Gasteiger partial charge is 0.444 e. The van der Waals surface area contributed by atoms with E-state index in [1.807, 2.05) is 12.2 Å². The maximum atomic E-state index is 14.4. The standard InChI is InChI=1S/C35H44FN5O9S/c1-34(14-15-34)50-32(45)37-27-11-6-4-2-3-5-9-22-17-35(22,31(44)39-51(47,48)24-12-13-24)38-29(42)28-16-23(19-41(28)30(27)43)49-33(46)40-18-21-8-7-10-26(36)25(21)20-40/h5,7-10,22-24,27-28H,2-4,6,11-20H2,1H3,(H,37,45)(H,38,42)(H,39,44)/b9-5-/t22-,23+,27-,28-,35+/m0/s1. The first-order valence-corrected chi connectivity index (χ1v) is 19.4. The minimum Gasteiger partial charge on any atom is -0.444 e. The van der Waals surface area contributed by atoms with E-state index in [1.165, 1.54) is 15.9 Å². The lowest BCUT2D eigenvalue weighted by atomic mass is 10.0. The molecule has 0 bridgehead atoms. The molecule has 1 aromatic carbocycles. The van der Waals surface area contributed by atoms with Crippen molar-refractivity contribution in [1.82, 2.24) is 25.2 Å². The summed E-state index contributed by atoms with van der Waals surface area (Å²) in [5.41, 5.74) is -1.09. The van der Waals surface area contributed by atoms with Crippen LogP contribution < -0.4 is 15.4 Å². The number of hydrogen-bond acceptors (Lipinski definition) is 9. The molecule has 1 aromatic rings. The molecule has 14 nitrogen and oxygen atoms in total. The monoisotopic (exact) mass is 729 g/mol. The number of carbonyl (C=O) groups excluding carboxylic acids is 5. The lowest BCUT2D eigenvalue weighted by molar-refractivity contribution is -0.141. The Balaban J connectivity index is 1.13. The summed E-state index contributed by atoms with van der Waals surface area (Å²) in [5, 5.41) is 4.84. The van der Waals surface area contributed by atoms with Crippen LogP contribution in [0.3, 0.4) is 0 Å². The molecule has 3 heterocycles. The van der Waals surface area contributed by atoms with Gasteiger partial charge in [0.15, 0.2) is 0 Å². The average molecular weight is 730 g/mol. The van der Waals surface area contributed by atoms with Gasteiger partial charge in [0.2, 0.25) is 21.8 Å². The lowest BCUT2D eigenvalue weighted by Crippen LogP contribution is -2.58. The van der Waals surface area contributed by atoms with Crippen molar-refractivity contribution in [2.24, 2.45) is 5.92 Å². The summed E-state index contributed by atoms with van der Waals surface area (Å²) in [7, 11) is -3.91. The molecular formula is C35H44FN5O9S. The second-order valence-electron chi connectivity index (χ2n) is 15.0. The normalized spacial score (nSPS) is 30.7. The molecule has 3 aliphatic carbocycles. The second kappa shape index (κ2) is 13.4. The number of carbonyl (C=O) groups is 5. The maximum absolute atomic E-state index is 14.4. The van der Waals surface area contributed by atoms with Crippen LogP contribution in [0.4, 0.5) is 14.0 Å².